The van der Waals surface area contributed by atoms with Crippen LogP contribution in [0.2, 0.25) is 0 Å². The molecule has 0 unspecified atom stereocenters. The molecule has 3 heterocycles. The second-order valence-electron chi connectivity index (χ2n) is 8.60. The van der Waals surface area contributed by atoms with E-state index in [-0.39, 0.29) is 5.91 Å². The van der Waals surface area contributed by atoms with E-state index in [0.717, 1.165) is 49.3 Å². The number of aromatic nitrogens is 1. The Balaban J connectivity index is 1.23. The summed E-state index contributed by atoms with van der Waals surface area (Å²) >= 11 is 0. The third-order valence-corrected chi connectivity index (χ3v) is 8.16. The maximum absolute atomic E-state index is 12.7. The molecule has 0 atom stereocenters. The van der Waals surface area contributed by atoms with E-state index in [2.05, 4.69) is 15.2 Å². The number of carbonyl (C=O) groups is 1. The number of rotatable bonds is 8. The van der Waals surface area contributed by atoms with Crippen LogP contribution in [0.4, 0.5) is 5.82 Å². The highest BCUT2D eigenvalue weighted by molar-refractivity contribution is 7.89. The van der Waals surface area contributed by atoms with Gasteiger partial charge in [-0.1, -0.05) is 24.6 Å². The molecule has 7 nitrogen and oxygen atoms in total. The van der Waals surface area contributed by atoms with Gasteiger partial charge in [-0.3, -0.25) is 4.79 Å². The smallest absolute Gasteiger partial charge is 0.243 e. The average Bonchev–Trinajstić information content (AvgIpc) is 3.38. The van der Waals surface area contributed by atoms with E-state index in [1.54, 1.807) is 16.4 Å². The molecule has 1 aromatic carbocycles. The molecule has 1 aromatic heterocycles. The molecule has 1 N–H and O–H groups in total. The van der Waals surface area contributed by atoms with Gasteiger partial charge in [-0.05, 0) is 61.4 Å². The summed E-state index contributed by atoms with van der Waals surface area (Å²) in [6.45, 7) is 3.78. The van der Waals surface area contributed by atoms with Gasteiger partial charge in [-0.15, -0.1) is 0 Å². The number of pyridine rings is 1. The zero-order valence-corrected chi connectivity index (χ0v) is 19.3. The van der Waals surface area contributed by atoms with Crippen molar-refractivity contribution >= 4 is 21.7 Å². The zero-order chi connectivity index (χ0) is 22.4. The second-order valence-corrected chi connectivity index (χ2v) is 10.5. The number of hydrogen-bond donors (Lipinski definition) is 1. The van der Waals surface area contributed by atoms with Gasteiger partial charge in [0.25, 0.3) is 0 Å². The van der Waals surface area contributed by atoms with Gasteiger partial charge in [0, 0.05) is 45.3 Å². The van der Waals surface area contributed by atoms with Gasteiger partial charge in [0.15, 0.2) is 0 Å². The Morgan fingerprint density at radius 3 is 2.19 bits per heavy atom. The molecule has 2 fully saturated rings. The first-order chi connectivity index (χ1) is 15.5. The number of aryl methyl sites for hydroxylation is 1. The van der Waals surface area contributed by atoms with Crippen molar-refractivity contribution in [3.05, 3.63) is 53.7 Å². The predicted molar refractivity (Wildman–Crippen MR) is 125 cm³/mol. The highest BCUT2D eigenvalue weighted by atomic mass is 32.2. The van der Waals surface area contributed by atoms with Crippen molar-refractivity contribution in [1.82, 2.24) is 14.6 Å². The summed E-state index contributed by atoms with van der Waals surface area (Å²) in [5.41, 5.74) is 1.93. The molecule has 1 amide bonds. The fourth-order valence-corrected chi connectivity index (χ4v) is 5.80. The van der Waals surface area contributed by atoms with E-state index in [1.165, 1.54) is 12.8 Å². The van der Waals surface area contributed by atoms with Crippen LogP contribution in [0, 0.1) is 0 Å². The number of hydrogen-bond acceptors (Lipinski definition) is 5. The average molecular weight is 457 g/mol. The zero-order valence-electron chi connectivity index (χ0n) is 18.5. The van der Waals surface area contributed by atoms with Crippen LogP contribution >= 0.6 is 0 Å². The topological polar surface area (TPSA) is 82.6 Å². The molecule has 0 bridgehead atoms. The van der Waals surface area contributed by atoms with E-state index in [9.17, 15) is 13.2 Å². The molecular weight excluding hydrogens is 424 g/mol. The first-order valence-electron chi connectivity index (χ1n) is 11.6. The van der Waals surface area contributed by atoms with E-state index in [4.69, 9.17) is 0 Å². The highest BCUT2D eigenvalue weighted by Crippen LogP contribution is 2.21. The quantitative estimate of drug-likeness (QED) is 0.660. The molecule has 0 radical (unpaired) electrons. The fourth-order valence-electron chi connectivity index (χ4n) is 4.28. The van der Waals surface area contributed by atoms with Crippen LogP contribution in [0.1, 0.15) is 49.7 Å². The standard InChI is InChI=1S/C24H32N4O3S/c29-24(26-19-21-8-12-23(25-18-21)27-14-4-5-15-27)13-9-20-6-10-22(11-7-20)32(30,31)28-16-2-1-3-17-28/h6-8,10-12,18H,1-5,9,13-17,19H2,(H,26,29). The summed E-state index contributed by atoms with van der Waals surface area (Å²) in [6.07, 6.45) is 8.13. The highest BCUT2D eigenvalue weighted by Gasteiger charge is 2.25. The molecule has 0 spiro atoms. The van der Waals surface area contributed by atoms with Crippen LogP contribution in [0.5, 0.6) is 0 Å². The van der Waals surface area contributed by atoms with Gasteiger partial charge in [0.2, 0.25) is 15.9 Å². The van der Waals surface area contributed by atoms with Crippen molar-refractivity contribution in [2.24, 2.45) is 0 Å². The van der Waals surface area contributed by atoms with Gasteiger partial charge in [0.1, 0.15) is 5.82 Å². The number of nitrogens with one attached hydrogen (secondary N) is 1. The van der Waals surface area contributed by atoms with Crippen LogP contribution in [0.3, 0.4) is 0 Å². The van der Waals surface area contributed by atoms with Crippen molar-refractivity contribution in [2.45, 2.75) is 56.4 Å². The minimum absolute atomic E-state index is 0.0290. The van der Waals surface area contributed by atoms with Crippen LogP contribution in [0.25, 0.3) is 0 Å². The van der Waals surface area contributed by atoms with Crippen molar-refractivity contribution in [1.29, 1.82) is 0 Å². The number of anilines is 1. The molecule has 2 saturated heterocycles. The number of carbonyl (C=O) groups excluding carboxylic acids is 1. The van der Waals surface area contributed by atoms with Gasteiger partial charge in [0.05, 0.1) is 4.90 Å². The Morgan fingerprint density at radius 2 is 1.53 bits per heavy atom. The third-order valence-electron chi connectivity index (χ3n) is 6.25. The van der Waals surface area contributed by atoms with E-state index in [0.29, 0.717) is 37.4 Å². The lowest BCUT2D eigenvalue weighted by Gasteiger charge is -2.25. The van der Waals surface area contributed by atoms with Crippen molar-refractivity contribution < 1.29 is 13.2 Å². The van der Waals surface area contributed by atoms with Crippen LogP contribution in [-0.4, -0.2) is 49.8 Å². The van der Waals surface area contributed by atoms with E-state index >= 15 is 0 Å². The van der Waals surface area contributed by atoms with Gasteiger partial charge in [-0.25, -0.2) is 13.4 Å². The summed E-state index contributed by atoms with van der Waals surface area (Å²) in [5.74, 6) is 0.974. The summed E-state index contributed by atoms with van der Waals surface area (Å²) < 4.78 is 27.0. The molecule has 172 valence electrons. The third kappa shape index (κ3) is 5.66. The molecule has 8 heteroatoms. The lowest BCUT2D eigenvalue weighted by atomic mass is 10.1. The Labute approximate surface area is 190 Å². The van der Waals surface area contributed by atoms with Crippen molar-refractivity contribution in [3.63, 3.8) is 0 Å². The Kier molecular flexibility index (Phi) is 7.42. The SMILES string of the molecule is O=C(CCc1ccc(S(=O)(=O)N2CCCCC2)cc1)NCc1ccc(N2CCCC2)nc1. The van der Waals surface area contributed by atoms with E-state index < -0.39 is 10.0 Å². The molecule has 2 aliphatic rings. The van der Waals surface area contributed by atoms with Crippen LogP contribution in [0.15, 0.2) is 47.5 Å². The minimum Gasteiger partial charge on any atom is -0.357 e. The Morgan fingerprint density at radius 1 is 0.875 bits per heavy atom. The number of amides is 1. The monoisotopic (exact) mass is 456 g/mol. The fraction of sp³-hybridized carbons (Fsp3) is 0.500. The summed E-state index contributed by atoms with van der Waals surface area (Å²) in [6, 6.07) is 11.0. The second kappa shape index (κ2) is 10.4. The number of benzene rings is 1. The van der Waals surface area contributed by atoms with Gasteiger partial charge < -0.3 is 10.2 Å². The van der Waals surface area contributed by atoms with E-state index in [1.807, 2.05) is 30.5 Å². The summed E-state index contributed by atoms with van der Waals surface area (Å²) in [4.78, 5) is 19.4. The lowest BCUT2D eigenvalue weighted by Crippen LogP contribution is -2.35. The maximum atomic E-state index is 12.7. The normalized spacial score (nSPS) is 17.4. The minimum atomic E-state index is -3.41. The lowest BCUT2D eigenvalue weighted by molar-refractivity contribution is -0.121. The summed E-state index contributed by atoms with van der Waals surface area (Å²) in [7, 11) is -3.41. The Hall–Kier alpha value is -2.45. The number of sulfonamides is 1. The van der Waals surface area contributed by atoms with Crippen molar-refractivity contribution in [3.8, 4) is 0 Å². The molecule has 2 aliphatic heterocycles. The summed E-state index contributed by atoms with van der Waals surface area (Å²) in [5, 5.41) is 2.94. The first-order valence-corrected chi connectivity index (χ1v) is 13.0. The molecule has 32 heavy (non-hydrogen) atoms. The number of nitrogens with zero attached hydrogens (tertiary/aromatic N) is 3. The van der Waals surface area contributed by atoms with Gasteiger partial charge in [-0.2, -0.15) is 4.31 Å². The largest absolute Gasteiger partial charge is 0.357 e. The van der Waals surface area contributed by atoms with Crippen LogP contribution < -0.4 is 10.2 Å². The maximum Gasteiger partial charge on any atom is 0.243 e. The van der Waals surface area contributed by atoms with Crippen molar-refractivity contribution in [2.75, 3.05) is 31.1 Å². The number of piperidine rings is 1. The Bertz CT molecular complexity index is 995. The predicted octanol–water partition coefficient (Wildman–Crippen LogP) is 3.11. The molecule has 0 saturated carbocycles. The molecule has 4 rings (SSSR count). The first kappa shape index (κ1) is 22.7. The molecule has 2 aromatic rings. The van der Waals surface area contributed by atoms with Gasteiger partial charge >= 0.3 is 0 Å². The van der Waals surface area contributed by atoms with Crippen LogP contribution in [-0.2, 0) is 27.8 Å². The molecule has 0 aliphatic carbocycles. The molecular formula is C24H32N4O3S.